The molecule has 0 aromatic heterocycles. The van der Waals surface area contributed by atoms with Gasteiger partial charge in [0.05, 0.1) is 16.3 Å². The van der Waals surface area contributed by atoms with E-state index in [1.807, 2.05) is 6.92 Å². The first-order valence-corrected chi connectivity index (χ1v) is 5.67. The maximum absolute atomic E-state index is 11.7. The van der Waals surface area contributed by atoms with Crippen LogP contribution in [0.5, 0.6) is 0 Å². The van der Waals surface area contributed by atoms with Gasteiger partial charge in [0.15, 0.2) is 0 Å². The monoisotopic (exact) mass is 257 g/mol. The minimum Gasteiger partial charge on any atom is -0.459 e. The molecule has 1 rings (SSSR count). The highest BCUT2D eigenvalue weighted by atomic mass is 35.5. The molecule has 2 N–H and O–H groups in total. The molecule has 0 saturated heterocycles. The number of carbonyl (C=O) groups is 1. The number of benzene rings is 1. The second kappa shape index (κ2) is 6.47. The van der Waals surface area contributed by atoms with E-state index >= 15 is 0 Å². The van der Waals surface area contributed by atoms with E-state index in [1.165, 1.54) is 6.07 Å². The summed E-state index contributed by atoms with van der Waals surface area (Å²) in [6, 6.07) is 4.67. The number of methoxy groups -OCH3 is 1. The summed E-state index contributed by atoms with van der Waals surface area (Å²) in [4.78, 5) is 11.7. The summed E-state index contributed by atoms with van der Waals surface area (Å²) in [6.07, 6.45) is 0.462. The molecule has 94 valence electrons. The van der Waals surface area contributed by atoms with Crippen LogP contribution >= 0.6 is 11.6 Å². The largest absolute Gasteiger partial charge is 0.459 e. The molecule has 0 aliphatic rings. The summed E-state index contributed by atoms with van der Waals surface area (Å²) >= 11 is 5.83. The van der Waals surface area contributed by atoms with E-state index in [9.17, 15) is 4.79 Å². The van der Waals surface area contributed by atoms with E-state index in [4.69, 9.17) is 26.8 Å². The standard InChI is InChI=1S/C12H16ClNO3/c1-8(5-6-16-2)17-12(15)9-3-4-11(14)10(13)7-9/h3-4,7-8H,5-6,14H2,1-2H3. The Balaban J connectivity index is 2.60. The van der Waals surface area contributed by atoms with Gasteiger partial charge in [-0.25, -0.2) is 4.79 Å². The maximum atomic E-state index is 11.7. The van der Waals surface area contributed by atoms with Crippen LogP contribution in [-0.4, -0.2) is 25.8 Å². The van der Waals surface area contributed by atoms with Crippen LogP contribution in [-0.2, 0) is 9.47 Å². The lowest BCUT2D eigenvalue weighted by Gasteiger charge is -2.12. The first-order valence-electron chi connectivity index (χ1n) is 5.29. The number of hydrogen-bond acceptors (Lipinski definition) is 4. The minimum absolute atomic E-state index is 0.196. The summed E-state index contributed by atoms with van der Waals surface area (Å²) in [6.45, 7) is 2.37. The maximum Gasteiger partial charge on any atom is 0.338 e. The van der Waals surface area contributed by atoms with Crippen LogP contribution in [0.1, 0.15) is 23.7 Å². The van der Waals surface area contributed by atoms with Gasteiger partial charge in [-0.05, 0) is 25.1 Å². The molecule has 17 heavy (non-hydrogen) atoms. The summed E-state index contributed by atoms with van der Waals surface area (Å²) in [5, 5.41) is 0.351. The molecule has 1 unspecified atom stereocenters. The molecule has 0 radical (unpaired) electrons. The highest BCUT2D eigenvalue weighted by molar-refractivity contribution is 6.33. The first-order chi connectivity index (χ1) is 8.04. The van der Waals surface area contributed by atoms with E-state index in [-0.39, 0.29) is 6.10 Å². The van der Waals surface area contributed by atoms with Crippen molar-refractivity contribution in [2.24, 2.45) is 0 Å². The molecule has 1 aromatic carbocycles. The average molecular weight is 258 g/mol. The van der Waals surface area contributed by atoms with Crippen molar-refractivity contribution in [3.05, 3.63) is 28.8 Å². The predicted octanol–water partition coefficient (Wildman–Crippen LogP) is 2.50. The molecule has 0 aliphatic carbocycles. The van der Waals surface area contributed by atoms with Crippen LogP contribution in [0.25, 0.3) is 0 Å². The fraction of sp³-hybridized carbons (Fsp3) is 0.417. The lowest BCUT2D eigenvalue weighted by molar-refractivity contribution is 0.0267. The summed E-state index contributed by atoms with van der Waals surface area (Å²) in [5.74, 6) is -0.407. The highest BCUT2D eigenvalue weighted by Gasteiger charge is 2.12. The van der Waals surface area contributed by atoms with Crippen molar-refractivity contribution in [2.45, 2.75) is 19.4 Å². The molecular weight excluding hydrogens is 242 g/mol. The van der Waals surface area contributed by atoms with Crippen LogP contribution in [0.4, 0.5) is 5.69 Å². The van der Waals surface area contributed by atoms with Gasteiger partial charge in [-0.2, -0.15) is 0 Å². The molecule has 0 aliphatic heterocycles. The topological polar surface area (TPSA) is 61.5 Å². The van der Waals surface area contributed by atoms with Crippen LogP contribution < -0.4 is 5.73 Å². The van der Waals surface area contributed by atoms with Crippen LogP contribution in [0.2, 0.25) is 5.02 Å². The fourth-order valence-corrected chi connectivity index (χ4v) is 1.43. The quantitative estimate of drug-likeness (QED) is 0.650. The van der Waals surface area contributed by atoms with Gasteiger partial charge in [0.25, 0.3) is 0 Å². The van der Waals surface area contributed by atoms with Gasteiger partial charge in [-0.3, -0.25) is 0 Å². The van der Waals surface area contributed by atoms with E-state index in [0.29, 0.717) is 29.3 Å². The Hall–Kier alpha value is -1.26. The Morgan fingerprint density at radius 2 is 2.24 bits per heavy atom. The van der Waals surface area contributed by atoms with Gasteiger partial charge in [-0.1, -0.05) is 11.6 Å². The van der Waals surface area contributed by atoms with Crippen molar-refractivity contribution in [2.75, 3.05) is 19.5 Å². The Morgan fingerprint density at radius 1 is 1.53 bits per heavy atom. The SMILES string of the molecule is COCCC(C)OC(=O)c1ccc(N)c(Cl)c1. The molecule has 0 spiro atoms. The third-order valence-electron chi connectivity index (χ3n) is 2.27. The Bertz CT molecular complexity index is 395. The van der Waals surface area contributed by atoms with Crippen molar-refractivity contribution < 1.29 is 14.3 Å². The van der Waals surface area contributed by atoms with Gasteiger partial charge in [0.1, 0.15) is 6.10 Å². The Labute approximate surface area is 106 Å². The molecular formula is C12H16ClNO3. The highest BCUT2D eigenvalue weighted by Crippen LogP contribution is 2.20. The lowest BCUT2D eigenvalue weighted by Crippen LogP contribution is -2.16. The van der Waals surface area contributed by atoms with Crippen LogP contribution in [0.15, 0.2) is 18.2 Å². The molecule has 1 aromatic rings. The summed E-state index contributed by atoms with van der Waals surface area (Å²) in [5.41, 5.74) is 6.39. The number of anilines is 1. The van der Waals surface area contributed by atoms with Gasteiger partial charge in [0, 0.05) is 20.1 Å². The molecule has 0 saturated carbocycles. The van der Waals surface area contributed by atoms with Crippen molar-refractivity contribution in [3.8, 4) is 0 Å². The molecule has 0 heterocycles. The zero-order valence-electron chi connectivity index (χ0n) is 9.90. The number of esters is 1. The third-order valence-corrected chi connectivity index (χ3v) is 2.60. The van der Waals surface area contributed by atoms with Gasteiger partial charge < -0.3 is 15.2 Å². The number of halogens is 1. The Kier molecular flexibility index (Phi) is 5.25. The Morgan fingerprint density at radius 3 is 2.82 bits per heavy atom. The number of rotatable bonds is 5. The molecule has 0 bridgehead atoms. The average Bonchev–Trinajstić information content (AvgIpc) is 2.30. The van der Waals surface area contributed by atoms with Gasteiger partial charge in [0.2, 0.25) is 0 Å². The minimum atomic E-state index is -0.407. The van der Waals surface area contributed by atoms with Gasteiger partial charge in [-0.15, -0.1) is 0 Å². The molecule has 0 amide bonds. The van der Waals surface area contributed by atoms with Crippen LogP contribution in [0, 0.1) is 0 Å². The van der Waals surface area contributed by atoms with Crippen molar-refractivity contribution in [1.82, 2.24) is 0 Å². The smallest absolute Gasteiger partial charge is 0.338 e. The van der Waals surface area contributed by atoms with E-state index < -0.39 is 5.97 Å². The fourth-order valence-electron chi connectivity index (χ4n) is 1.25. The van der Waals surface area contributed by atoms with E-state index in [1.54, 1.807) is 19.2 Å². The van der Waals surface area contributed by atoms with Crippen molar-refractivity contribution >= 4 is 23.3 Å². The number of ether oxygens (including phenoxy) is 2. The van der Waals surface area contributed by atoms with Crippen LogP contribution in [0.3, 0.4) is 0 Å². The second-order valence-corrected chi connectivity index (χ2v) is 4.14. The first kappa shape index (κ1) is 13.8. The zero-order valence-corrected chi connectivity index (χ0v) is 10.7. The van der Waals surface area contributed by atoms with E-state index in [0.717, 1.165) is 0 Å². The predicted molar refractivity (Wildman–Crippen MR) is 67.2 cm³/mol. The molecule has 0 fully saturated rings. The van der Waals surface area contributed by atoms with Gasteiger partial charge >= 0.3 is 5.97 Å². The molecule has 5 heteroatoms. The second-order valence-electron chi connectivity index (χ2n) is 3.73. The normalized spacial score (nSPS) is 12.2. The number of carbonyl (C=O) groups excluding carboxylic acids is 1. The molecule has 4 nitrogen and oxygen atoms in total. The summed E-state index contributed by atoms with van der Waals surface area (Å²) < 4.78 is 10.1. The third kappa shape index (κ3) is 4.24. The number of hydrogen-bond donors (Lipinski definition) is 1. The van der Waals surface area contributed by atoms with Crippen molar-refractivity contribution in [3.63, 3.8) is 0 Å². The van der Waals surface area contributed by atoms with Crippen molar-refractivity contribution in [1.29, 1.82) is 0 Å². The lowest BCUT2D eigenvalue weighted by atomic mass is 10.2. The number of nitrogens with two attached hydrogens (primary N) is 1. The summed E-state index contributed by atoms with van der Waals surface area (Å²) in [7, 11) is 1.61. The zero-order chi connectivity index (χ0) is 12.8. The number of nitrogen functional groups attached to an aromatic ring is 1. The van der Waals surface area contributed by atoms with E-state index in [2.05, 4.69) is 0 Å². The molecule has 1 atom stereocenters.